The zero-order valence-electron chi connectivity index (χ0n) is 11.5. The molecule has 0 amide bonds. The van der Waals surface area contributed by atoms with Gasteiger partial charge in [0.05, 0.1) is 11.2 Å². The minimum atomic E-state index is 0.0246. The fourth-order valence-electron chi connectivity index (χ4n) is 2.88. The van der Waals surface area contributed by atoms with E-state index >= 15 is 0 Å². The minimum absolute atomic E-state index is 0.0246. The van der Waals surface area contributed by atoms with Crippen molar-refractivity contribution in [3.63, 3.8) is 0 Å². The Kier molecular flexibility index (Phi) is 3.48. The Morgan fingerprint density at radius 2 is 2.05 bits per heavy atom. The van der Waals surface area contributed by atoms with Gasteiger partial charge in [-0.05, 0) is 31.7 Å². The molecule has 2 aromatic rings. The van der Waals surface area contributed by atoms with Crippen molar-refractivity contribution in [3.8, 4) is 0 Å². The number of nitrogens with zero attached hydrogens (tertiary/aromatic N) is 3. The Hall–Kier alpha value is -1.46. The van der Waals surface area contributed by atoms with Crippen molar-refractivity contribution >= 4 is 22.5 Å². The van der Waals surface area contributed by atoms with E-state index in [-0.39, 0.29) is 11.5 Å². The molecule has 0 saturated carbocycles. The minimum Gasteiger partial charge on any atom is -0.381 e. The van der Waals surface area contributed by atoms with E-state index in [1.165, 1.54) is 0 Å². The zero-order chi connectivity index (χ0) is 14.3. The predicted octanol–water partition coefficient (Wildman–Crippen LogP) is 2.18. The van der Waals surface area contributed by atoms with Gasteiger partial charge in [-0.3, -0.25) is 4.79 Å². The standard InChI is InChI=1S/C14H16ClN3O2/c1-8-12-11(13(15)17-16-8)7-10(14(19)18(12)2)9-3-5-20-6-4-9/h7,9H,3-6H2,1-2H3. The van der Waals surface area contributed by atoms with Gasteiger partial charge in [-0.25, -0.2) is 0 Å². The maximum absolute atomic E-state index is 12.6. The number of halogens is 1. The maximum Gasteiger partial charge on any atom is 0.254 e. The van der Waals surface area contributed by atoms with Crippen LogP contribution in [-0.4, -0.2) is 28.0 Å². The summed E-state index contributed by atoms with van der Waals surface area (Å²) in [7, 11) is 1.76. The average molecular weight is 294 g/mol. The molecule has 6 heteroatoms. The highest BCUT2D eigenvalue weighted by atomic mass is 35.5. The summed E-state index contributed by atoms with van der Waals surface area (Å²) in [5, 5.41) is 9.06. The predicted molar refractivity (Wildman–Crippen MR) is 77.3 cm³/mol. The number of aromatic nitrogens is 3. The monoisotopic (exact) mass is 293 g/mol. The number of hydrogen-bond donors (Lipinski definition) is 0. The van der Waals surface area contributed by atoms with Gasteiger partial charge in [0.15, 0.2) is 5.15 Å². The molecule has 1 saturated heterocycles. The van der Waals surface area contributed by atoms with Crippen LogP contribution in [0.3, 0.4) is 0 Å². The maximum atomic E-state index is 12.6. The first-order chi connectivity index (χ1) is 9.59. The van der Waals surface area contributed by atoms with Crippen LogP contribution < -0.4 is 5.56 Å². The molecular formula is C14H16ClN3O2. The molecule has 20 heavy (non-hydrogen) atoms. The number of hydrogen-bond acceptors (Lipinski definition) is 4. The van der Waals surface area contributed by atoms with Crippen LogP contribution in [0.5, 0.6) is 0 Å². The molecule has 106 valence electrons. The van der Waals surface area contributed by atoms with Crippen molar-refractivity contribution in [2.75, 3.05) is 13.2 Å². The number of aryl methyl sites for hydroxylation is 2. The lowest BCUT2D eigenvalue weighted by Crippen LogP contribution is -2.27. The van der Waals surface area contributed by atoms with E-state index in [0.717, 1.165) is 29.3 Å². The van der Waals surface area contributed by atoms with E-state index < -0.39 is 0 Å². The molecule has 0 unspecified atom stereocenters. The third-order valence-corrected chi connectivity index (χ3v) is 4.24. The van der Waals surface area contributed by atoms with E-state index in [0.29, 0.717) is 24.1 Å². The lowest BCUT2D eigenvalue weighted by molar-refractivity contribution is 0.0850. The molecule has 1 aliphatic rings. The van der Waals surface area contributed by atoms with Crippen molar-refractivity contribution in [2.24, 2.45) is 7.05 Å². The molecular weight excluding hydrogens is 278 g/mol. The molecule has 0 N–H and O–H groups in total. The summed E-state index contributed by atoms with van der Waals surface area (Å²) in [5.74, 6) is 0.233. The highest BCUT2D eigenvalue weighted by Gasteiger charge is 2.22. The van der Waals surface area contributed by atoms with Gasteiger partial charge < -0.3 is 9.30 Å². The van der Waals surface area contributed by atoms with Crippen molar-refractivity contribution in [3.05, 3.63) is 32.8 Å². The summed E-state index contributed by atoms with van der Waals surface area (Å²) in [5.41, 5.74) is 2.29. The van der Waals surface area contributed by atoms with Crippen LogP contribution in [0.2, 0.25) is 5.15 Å². The van der Waals surface area contributed by atoms with E-state index in [9.17, 15) is 4.79 Å². The second-order valence-electron chi connectivity index (χ2n) is 5.19. The molecule has 1 aliphatic heterocycles. The van der Waals surface area contributed by atoms with Gasteiger partial charge in [-0.1, -0.05) is 11.6 Å². The van der Waals surface area contributed by atoms with Crippen molar-refractivity contribution < 1.29 is 4.74 Å². The first-order valence-electron chi connectivity index (χ1n) is 6.69. The van der Waals surface area contributed by atoms with E-state index in [1.807, 2.05) is 13.0 Å². The summed E-state index contributed by atoms with van der Waals surface area (Å²) in [4.78, 5) is 12.6. The van der Waals surface area contributed by atoms with Crippen molar-refractivity contribution in [1.82, 2.24) is 14.8 Å². The molecule has 5 nitrogen and oxygen atoms in total. The lowest BCUT2D eigenvalue weighted by atomic mass is 9.92. The molecule has 0 aliphatic carbocycles. The van der Waals surface area contributed by atoms with Gasteiger partial charge in [0.1, 0.15) is 0 Å². The van der Waals surface area contributed by atoms with Crippen LogP contribution in [-0.2, 0) is 11.8 Å². The fraction of sp³-hybridized carbons (Fsp3) is 0.500. The summed E-state index contributed by atoms with van der Waals surface area (Å²) in [6.45, 7) is 3.24. The Balaban J connectivity index is 2.27. The normalized spacial score (nSPS) is 16.8. The van der Waals surface area contributed by atoms with Crippen LogP contribution in [0, 0.1) is 6.92 Å². The first kappa shape index (κ1) is 13.5. The Morgan fingerprint density at radius 3 is 2.75 bits per heavy atom. The van der Waals surface area contributed by atoms with Crippen LogP contribution in [0.4, 0.5) is 0 Å². The molecule has 0 bridgehead atoms. The zero-order valence-corrected chi connectivity index (χ0v) is 12.3. The third-order valence-electron chi connectivity index (χ3n) is 3.96. The van der Waals surface area contributed by atoms with E-state index in [4.69, 9.17) is 16.3 Å². The topological polar surface area (TPSA) is 57.0 Å². The summed E-state index contributed by atoms with van der Waals surface area (Å²) in [6, 6.07) is 1.89. The average Bonchev–Trinajstić information content (AvgIpc) is 2.47. The van der Waals surface area contributed by atoms with Gasteiger partial charge in [-0.2, -0.15) is 5.10 Å². The van der Waals surface area contributed by atoms with Gasteiger partial charge in [0.2, 0.25) is 0 Å². The van der Waals surface area contributed by atoms with Gasteiger partial charge in [-0.15, -0.1) is 5.10 Å². The summed E-state index contributed by atoms with van der Waals surface area (Å²) >= 11 is 6.15. The summed E-state index contributed by atoms with van der Waals surface area (Å²) < 4.78 is 7.00. The number of pyridine rings is 1. The van der Waals surface area contributed by atoms with Crippen molar-refractivity contribution in [2.45, 2.75) is 25.7 Å². The SMILES string of the molecule is Cc1nnc(Cl)c2cc(C3CCOCC3)c(=O)n(C)c12. The van der Waals surface area contributed by atoms with E-state index in [1.54, 1.807) is 11.6 Å². The van der Waals surface area contributed by atoms with Crippen LogP contribution in [0.15, 0.2) is 10.9 Å². The number of rotatable bonds is 1. The molecule has 1 fully saturated rings. The fourth-order valence-corrected chi connectivity index (χ4v) is 3.06. The second-order valence-corrected chi connectivity index (χ2v) is 5.55. The molecule has 0 spiro atoms. The first-order valence-corrected chi connectivity index (χ1v) is 7.07. The smallest absolute Gasteiger partial charge is 0.254 e. The summed E-state index contributed by atoms with van der Waals surface area (Å²) in [6.07, 6.45) is 1.74. The van der Waals surface area contributed by atoms with Crippen LogP contribution in [0.1, 0.15) is 30.0 Å². The molecule has 3 heterocycles. The molecule has 0 radical (unpaired) electrons. The van der Waals surface area contributed by atoms with Gasteiger partial charge in [0, 0.05) is 31.2 Å². The Labute approximate surface area is 121 Å². The third kappa shape index (κ3) is 2.11. The molecule has 3 rings (SSSR count). The largest absolute Gasteiger partial charge is 0.381 e. The molecule has 2 aromatic heterocycles. The Bertz CT molecular complexity index is 720. The second kappa shape index (κ2) is 5.14. The van der Waals surface area contributed by atoms with Gasteiger partial charge in [0.25, 0.3) is 5.56 Å². The van der Waals surface area contributed by atoms with Crippen LogP contribution in [0.25, 0.3) is 10.9 Å². The van der Waals surface area contributed by atoms with E-state index in [2.05, 4.69) is 10.2 Å². The highest BCUT2D eigenvalue weighted by molar-refractivity contribution is 6.34. The van der Waals surface area contributed by atoms with Crippen molar-refractivity contribution in [1.29, 1.82) is 0 Å². The van der Waals surface area contributed by atoms with Crippen LogP contribution >= 0.6 is 11.6 Å². The molecule has 0 atom stereocenters. The quantitative estimate of drug-likeness (QED) is 0.809. The number of fused-ring (bicyclic) bond motifs is 1. The Morgan fingerprint density at radius 1 is 1.35 bits per heavy atom. The van der Waals surface area contributed by atoms with Gasteiger partial charge >= 0.3 is 0 Å². The lowest BCUT2D eigenvalue weighted by Gasteiger charge is -2.23. The molecule has 0 aromatic carbocycles. The number of ether oxygens (including phenoxy) is 1. The highest BCUT2D eigenvalue weighted by Crippen LogP contribution is 2.29.